The first-order valence-corrected chi connectivity index (χ1v) is 8.71. The van der Waals surface area contributed by atoms with Crippen LogP contribution in [0.4, 0.5) is 0 Å². The molecule has 0 atom stereocenters. The lowest BCUT2D eigenvalue weighted by Crippen LogP contribution is -2.16. The van der Waals surface area contributed by atoms with Crippen LogP contribution < -0.4 is 10.1 Å². The molecule has 0 spiro atoms. The van der Waals surface area contributed by atoms with E-state index in [9.17, 15) is 0 Å². The van der Waals surface area contributed by atoms with Crippen LogP contribution in [0, 0.1) is 0 Å². The third-order valence-electron chi connectivity index (χ3n) is 3.34. The summed E-state index contributed by atoms with van der Waals surface area (Å²) in [6.45, 7) is 3.08. The van der Waals surface area contributed by atoms with Crippen LogP contribution >= 0.6 is 39.9 Å². The molecule has 2 rings (SSSR count). The lowest BCUT2D eigenvalue weighted by atomic mass is 10.2. The van der Waals surface area contributed by atoms with E-state index in [1.54, 1.807) is 7.11 Å². The summed E-state index contributed by atoms with van der Waals surface area (Å²) in [5.74, 6) is 0.836. The number of hydrogen-bond acceptors (Lipinski definition) is 3. The summed E-state index contributed by atoms with van der Waals surface area (Å²) in [5, 5.41) is 4.13. The number of methoxy groups -OCH3 is 1. The van der Waals surface area contributed by atoms with Crippen LogP contribution in [0.15, 0.2) is 46.9 Å². The molecule has 0 aliphatic carbocycles. The average molecular weight is 435 g/mol. The maximum Gasteiger partial charge on any atom is 0.134 e. The van der Waals surface area contributed by atoms with Crippen molar-refractivity contribution in [1.29, 1.82) is 0 Å². The number of ether oxygens (including phenoxy) is 2. The zero-order valence-corrected chi connectivity index (χ0v) is 16.7. The highest BCUT2D eigenvalue weighted by Crippen LogP contribution is 2.27. The molecule has 0 saturated heterocycles. The number of benzene rings is 2. The Hall–Kier alpha value is -0.780. The van der Waals surface area contributed by atoms with Crippen molar-refractivity contribution in [2.24, 2.45) is 0 Å². The van der Waals surface area contributed by atoms with Gasteiger partial charge in [0.05, 0.1) is 4.47 Å². The van der Waals surface area contributed by atoms with E-state index in [2.05, 4.69) is 33.4 Å². The Balaban J connectivity index is 0.00000288. The summed E-state index contributed by atoms with van der Waals surface area (Å²) < 4.78 is 11.8. The molecule has 0 radical (unpaired) electrons. The van der Waals surface area contributed by atoms with Gasteiger partial charge in [0.25, 0.3) is 0 Å². The highest BCUT2D eigenvalue weighted by molar-refractivity contribution is 9.10. The van der Waals surface area contributed by atoms with Gasteiger partial charge in [0.1, 0.15) is 12.4 Å². The predicted octanol–water partition coefficient (Wildman–Crippen LogP) is 5.23. The van der Waals surface area contributed by atoms with Crippen molar-refractivity contribution in [2.45, 2.75) is 19.6 Å². The number of rotatable bonds is 9. The smallest absolute Gasteiger partial charge is 0.134 e. The molecule has 0 aromatic heterocycles. The monoisotopic (exact) mass is 433 g/mol. The molecule has 0 fully saturated rings. The molecule has 0 unspecified atom stereocenters. The third kappa shape index (κ3) is 7.41. The second-order valence-corrected chi connectivity index (χ2v) is 6.49. The molecular formula is C18H22BrCl2NO2. The topological polar surface area (TPSA) is 30.5 Å². The van der Waals surface area contributed by atoms with Gasteiger partial charge < -0.3 is 14.8 Å². The van der Waals surface area contributed by atoms with Gasteiger partial charge >= 0.3 is 0 Å². The summed E-state index contributed by atoms with van der Waals surface area (Å²) in [6.07, 6.45) is 1.01. The molecule has 0 aliphatic heterocycles. The zero-order chi connectivity index (χ0) is 16.5. The summed E-state index contributed by atoms with van der Waals surface area (Å²) in [5.41, 5.74) is 2.30. The van der Waals surface area contributed by atoms with Crippen molar-refractivity contribution >= 4 is 39.9 Å². The standard InChI is InChI=1S/C18H21BrClNO2.ClH/c1-22-10-2-9-21-12-15-5-8-18(17(19)11-15)23-13-14-3-6-16(20)7-4-14;/h3-8,11,21H,2,9-10,12-13H2,1H3;1H. The maximum atomic E-state index is 5.88. The number of hydrogen-bond donors (Lipinski definition) is 1. The van der Waals surface area contributed by atoms with E-state index in [4.69, 9.17) is 21.1 Å². The van der Waals surface area contributed by atoms with Gasteiger partial charge in [-0.05, 0) is 64.3 Å². The van der Waals surface area contributed by atoms with Gasteiger partial charge in [0, 0.05) is 25.3 Å². The first-order valence-electron chi connectivity index (χ1n) is 7.54. The molecule has 1 N–H and O–H groups in total. The Morgan fingerprint density at radius 3 is 2.46 bits per heavy atom. The van der Waals surface area contributed by atoms with Crippen LogP contribution in [-0.2, 0) is 17.9 Å². The van der Waals surface area contributed by atoms with E-state index >= 15 is 0 Å². The molecule has 0 amide bonds. The normalized spacial score (nSPS) is 10.3. The average Bonchev–Trinajstić information content (AvgIpc) is 2.55. The van der Waals surface area contributed by atoms with Crippen LogP contribution in [0.1, 0.15) is 17.5 Å². The van der Waals surface area contributed by atoms with Gasteiger partial charge in [-0.3, -0.25) is 0 Å². The second-order valence-electron chi connectivity index (χ2n) is 5.20. The zero-order valence-electron chi connectivity index (χ0n) is 13.6. The molecule has 0 heterocycles. The van der Waals surface area contributed by atoms with Crippen LogP contribution in [0.5, 0.6) is 5.75 Å². The fourth-order valence-corrected chi connectivity index (χ4v) is 2.75. The Morgan fingerprint density at radius 1 is 1.08 bits per heavy atom. The van der Waals surface area contributed by atoms with Crippen molar-refractivity contribution in [3.63, 3.8) is 0 Å². The summed E-state index contributed by atoms with van der Waals surface area (Å²) in [4.78, 5) is 0. The fraction of sp³-hybridized carbons (Fsp3) is 0.333. The van der Waals surface area contributed by atoms with Gasteiger partial charge in [0.15, 0.2) is 0 Å². The highest BCUT2D eigenvalue weighted by Gasteiger charge is 2.04. The van der Waals surface area contributed by atoms with Crippen molar-refractivity contribution in [3.05, 3.63) is 63.1 Å². The van der Waals surface area contributed by atoms with E-state index in [0.717, 1.165) is 46.9 Å². The molecule has 0 saturated carbocycles. The Kier molecular flexibility index (Phi) is 10.4. The molecule has 132 valence electrons. The van der Waals surface area contributed by atoms with Gasteiger partial charge in [-0.25, -0.2) is 0 Å². The van der Waals surface area contributed by atoms with Crippen molar-refractivity contribution in [1.82, 2.24) is 5.32 Å². The van der Waals surface area contributed by atoms with E-state index in [0.29, 0.717) is 6.61 Å². The van der Waals surface area contributed by atoms with E-state index in [1.165, 1.54) is 5.56 Å². The Bertz CT molecular complexity index is 608. The van der Waals surface area contributed by atoms with Crippen LogP contribution in [0.3, 0.4) is 0 Å². The third-order valence-corrected chi connectivity index (χ3v) is 4.21. The maximum absolute atomic E-state index is 5.88. The van der Waals surface area contributed by atoms with E-state index < -0.39 is 0 Å². The van der Waals surface area contributed by atoms with Crippen molar-refractivity contribution in [3.8, 4) is 5.75 Å². The SMILES string of the molecule is COCCCNCc1ccc(OCc2ccc(Cl)cc2)c(Br)c1.Cl. The quantitative estimate of drug-likeness (QED) is 0.548. The van der Waals surface area contributed by atoms with Crippen LogP contribution in [-0.4, -0.2) is 20.3 Å². The lowest BCUT2D eigenvalue weighted by molar-refractivity contribution is 0.194. The molecule has 3 nitrogen and oxygen atoms in total. The molecule has 24 heavy (non-hydrogen) atoms. The van der Waals surface area contributed by atoms with Gasteiger partial charge in [-0.2, -0.15) is 0 Å². The molecule has 6 heteroatoms. The highest BCUT2D eigenvalue weighted by atomic mass is 79.9. The Labute approximate surface area is 163 Å². The first kappa shape index (κ1) is 21.3. The fourth-order valence-electron chi connectivity index (χ4n) is 2.09. The summed E-state index contributed by atoms with van der Waals surface area (Å²) in [7, 11) is 1.72. The molecule has 0 aliphatic rings. The second kappa shape index (κ2) is 11.7. The summed E-state index contributed by atoms with van der Waals surface area (Å²) in [6, 6.07) is 13.8. The largest absolute Gasteiger partial charge is 0.488 e. The molecule has 0 bridgehead atoms. The van der Waals surface area contributed by atoms with Crippen LogP contribution in [0.2, 0.25) is 5.02 Å². The van der Waals surface area contributed by atoms with Crippen molar-refractivity contribution in [2.75, 3.05) is 20.3 Å². The molecule has 2 aromatic carbocycles. The predicted molar refractivity (Wildman–Crippen MR) is 105 cm³/mol. The van der Waals surface area contributed by atoms with Gasteiger partial charge in [0.2, 0.25) is 0 Å². The molecular weight excluding hydrogens is 413 g/mol. The van der Waals surface area contributed by atoms with Gasteiger partial charge in [-0.1, -0.05) is 29.8 Å². The Morgan fingerprint density at radius 2 is 1.79 bits per heavy atom. The minimum Gasteiger partial charge on any atom is -0.488 e. The van der Waals surface area contributed by atoms with E-state index in [-0.39, 0.29) is 12.4 Å². The minimum atomic E-state index is 0. The minimum absolute atomic E-state index is 0. The molecule has 2 aromatic rings. The number of nitrogens with one attached hydrogen (secondary N) is 1. The van der Waals surface area contributed by atoms with Crippen LogP contribution in [0.25, 0.3) is 0 Å². The van der Waals surface area contributed by atoms with E-state index in [1.807, 2.05) is 30.3 Å². The lowest BCUT2D eigenvalue weighted by Gasteiger charge is -2.11. The summed E-state index contributed by atoms with van der Waals surface area (Å²) >= 11 is 9.45. The van der Waals surface area contributed by atoms with Crippen molar-refractivity contribution < 1.29 is 9.47 Å². The number of halogens is 3. The van der Waals surface area contributed by atoms with Gasteiger partial charge in [-0.15, -0.1) is 12.4 Å². The first-order chi connectivity index (χ1) is 11.2.